The highest BCUT2D eigenvalue weighted by molar-refractivity contribution is 7.85. The summed E-state index contributed by atoms with van der Waals surface area (Å²) in [6.45, 7) is 7.73. The van der Waals surface area contributed by atoms with E-state index in [2.05, 4.69) is 26.1 Å². The van der Waals surface area contributed by atoms with Gasteiger partial charge in [0.25, 0.3) is 0 Å². The fourth-order valence-electron chi connectivity index (χ4n) is 3.17. The standard InChI is InChI=1S/C16H33NOS/c1-4-7-12-19(18)16-13-14(8-5-2)9-10-15(16)17-11-6-3/h14-17H,4-13H2,1-3H3. The van der Waals surface area contributed by atoms with E-state index >= 15 is 0 Å². The van der Waals surface area contributed by atoms with Crippen LogP contribution in [-0.2, 0) is 10.8 Å². The average Bonchev–Trinajstić information content (AvgIpc) is 2.43. The van der Waals surface area contributed by atoms with Crippen LogP contribution in [0.3, 0.4) is 0 Å². The summed E-state index contributed by atoms with van der Waals surface area (Å²) in [5.74, 6) is 1.73. The first kappa shape index (κ1) is 17.2. The van der Waals surface area contributed by atoms with Crippen molar-refractivity contribution in [1.82, 2.24) is 5.32 Å². The molecule has 0 aliphatic heterocycles. The molecule has 1 fully saturated rings. The lowest BCUT2D eigenvalue weighted by molar-refractivity contribution is 0.284. The number of rotatable bonds is 9. The van der Waals surface area contributed by atoms with Gasteiger partial charge in [0.2, 0.25) is 0 Å². The molecule has 1 aliphatic rings. The molecule has 4 atom stereocenters. The van der Waals surface area contributed by atoms with Gasteiger partial charge >= 0.3 is 0 Å². The molecule has 19 heavy (non-hydrogen) atoms. The molecule has 0 bridgehead atoms. The highest BCUT2D eigenvalue weighted by Crippen LogP contribution is 2.31. The zero-order chi connectivity index (χ0) is 14.1. The normalized spacial score (nSPS) is 29.3. The van der Waals surface area contributed by atoms with Crippen molar-refractivity contribution in [3.05, 3.63) is 0 Å². The van der Waals surface area contributed by atoms with Gasteiger partial charge in [0.15, 0.2) is 0 Å². The Morgan fingerprint density at radius 2 is 1.89 bits per heavy atom. The fraction of sp³-hybridized carbons (Fsp3) is 1.00. The Morgan fingerprint density at radius 3 is 2.53 bits per heavy atom. The van der Waals surface area contributed by atoms with Crippen molar-refractivity contribution < 1.29 is 4.21 Å². The van der Waals surface area contributed by atoms with Crippen molar-refractivity contribution in [2.45, 2.75) is 83.4 Å². The van der Waals surface area contributed by atoms with E-state index in [0.717, 1.165) is 31.1 Å². The molecule has 0 aromatic heterocycles. The molecule has 2 nitrogen and oxygen atoms in total. The molecule has 0 heterocycles. The predicted molar refractivity (Wildman–Crippen MR) is 86.0 cm³/mol. The lowest BCUT2D eigenvalue weighted by Gasteiger charge is -2.36. The van der Waals surface area contributed by atoms with Crippen LogP contribution < -0.4 is 5.32 Å². The summed E-state index contributed by atoms with van der Waals surface area (Å²) in [4.78, 5) is 0. The minimum absolute atomic E-state index is 0.406. The minimum atomic E-state index is -0.627. The zero-order valence-electron chi connectivity index (χ0n) is 13.1. The van der Waals surface area contributed by atoms with Crippen molar-refractivity contribution in [3.63, 3.8) is 0 Å². The van der Waals surface area contributed by atoms with Crippen LogP contribution in [0.4, 0.5) is 0 Å². The van der Waals surface area contributed by atoms with Crippen LogP contribution in [0.1, 0.15) is 72.1 Å². The van der Waals surface area contributed by atoms with E-state index in [9.17, 15) is 4.21 Å². The van der Waals surface area contributed by atoms with Crippen LogP contribution in [0.2, 0.25) is 0 Å². The van der Waals surface area contributed by atoms with E-state index in [4.69, 9.17) is 0 Å². The summed E-state index contributed by atoms with van der Waals surface area (Å²) >= 11 is 0. The van der Waals surface area contributed by atoms with Gasteiger partial charge in [0, 0.05) is 22.6 Å². The van der Waals surface area contributed by atoms with E-state index in [1.807, 2.05) is 0 Å². The third-order valence-electron chi connectivity index (χ3n) is 4.29. The highest BCUT2D eigenvalue weighted by atomic mass is 32.2. The molecule has 0 saturated heterocycles. The van der Waals surface area contributed by atoms with E-state index < -0.39 is 10.8 Å². The lowest BCUT2D eigenvalue weighted by atomic mass is 9.83. The number of hydrogen-bond donors (Lipinski definition) is 1. The smallest absolute Gasteiger partial charge is 0.0503 e. The SMILES string of the molecule is CCCCS(=O)C1CC(CCC)CCC1NCCC. The third kappa shape index (κ3) is 5.95. The van der Waals surface area contributed by atoms with Gasteiger partial charge in [-0.3, -0.25) is 4.21 Å². The van der Waals surface area contributed by atoms with Gasteiger partial charge in [0.1, 0.15) is 0 Å². The Kier molecular flexibility index (Phi) is 8.97. The van der Waals surface area contributed by atoms with Crippen LogP contribution in [0.25, 0.3) is 0 Å². The lowest BCUT2D eigenvalue weighted by Crippen LogP contribution is -2.47. The van der Waals surface area contributed by atoms with E-state index in [-0.39, 0.29) is 0 Å². The molecule has 1 N–H and O–H groups in total. The summed E-state index contributed by atoms with van der Waals surface area (Å²) < 4.78 is 12.6. The molecule has 0 radical (unpaired) electrons. The maximum Gasteiger partial charge on any atom is 0.0503 e. The summed E-state index contributed by atoms with van der Waals surface area (Å²) in [5, 5.41) is 4.05. The second-order valence-electron chi connectivity index (χ2n) is 6.01. The Balaban J connectivity index is 2.56. The Labute approximate surface area is 122 Å². The summed E-state index contributed by atoms with van der Waals surface area (Å²) in [6.07, 6.45) is 9.78. The number of unbranched alkanes of at least 4 members (excludes halogenated alkanes) is 1. The molecule has 114 valence electrons. The van der Waals surface area contributed by atoms with Gasteiger partial charge in [0.05, 0.1) is 5.25 Å². The van der Waals surface area contributed by atoms with E-state index in [1.54, 1.807) is 0 Å². The molecular weight excluding hydrogens is 254 g/mol. The van der Waals surface area contributed by atoms with Crippen LogP contribution in [-0.4, -0.2) is 27.8 Å². The molecule has 1 saturated carbocycles. The van der Waals surface area contributed by atoms with Crippen molar-refractivity contribution in [2.24, 2.45) is 5.92 Å². The average molecular weight is 288 g/mol. The maximum absolute atomic E-state index is 12.6. The molecule has 0 aromatic rings. The first-order valence-corrected chi connectivity index (χ1v) is 9.71. The van der Waals surface area contributed by atoms with Gasteiger partial charge in [-0.2, -0.15) is 0 Å². The van der Waals surface area contributed by atoms with Crippen molar-refractivity contribution in [2.75, 3.05) is 12.3 Å². The Bertz CT molecular complexity index is 257. The van der Waals surface area contributed by atoms with Crippen molar-refractivity contribution in [1.29, 1.82) is 0 Å². The monoisotopic (exact) mass is 287 g/mol. The highest BCUT2D eigenvalue weighted by Gasteiger charge is 2.33. The molecule has 1 rings (SSSR count). The largest absolute Gasteiger partial charge is 0.313 e. The van der Waals surface area contributed by atoms with E-state index in [1.165, 1.54) is 38.5 Å². The first-order valence-electron chi connectivity index (χ1n) is 8.33. The summed E-state index contributed by atoms with van der Waals surface area (Å²) in [6, 6.07) is 0.505. The summed E-state index contributed by atoms with van der Waals surface area (Å²) in [7, 11) is -0.627. The first-order chi connectivity index (χ1) is 9.22. The molecule has 0 aromatic carbocycles. The third-order valence-corrected chi connectivity index (χ3v) is 6.18. The minimum Gasteiger partial charge on any atom is -0.313 e. The second-order valence-corrected chi connectivity index (χ2v) is 7.78. The van der Waals surface area contributed by atoms with Crippen LogP contribution in [0, 0.1) is 5.92 Å². The Hall–Kier alpha value is 0.110. The van der Waals surface area contributed by atoms with Crippen LogP contribution >= 0.6 is 0 Å². The molecule has 3 heteroatoms. The molecular formula is C16H33NOS. The fourth-order valence-corrected chi connectivity index (χ4v) is 5.14. The predicted octanol–water partition coefficient (Wildman–Crippen LogP) is 3.87. The van der Waals surface area contributed by atoms with Gasteiger partial charge in [-0.1, -0.05) is 40.0 Å². The van der Waals surface area contributed by atoms with Crippen LogP contribution in [0.5, 0.6) is 0 Å². The van der Waals surface area contributed by atoms with Crippen molar-refractivity contribution >= 4 is 10.8 Å². The van der Waals surface area contributed by atoms with Crippen molar-refractivity contribution in [3.8, 4) is 0 Å². The molecule has 0 spiro atoms. The number of hydrogen-bond acceptors (Lipinski definition) is 2. The van der Waals surface area contributed by atoms with Crippen LogP contribution in [0.15, 0.2) is 0 Å². The van der Waals surface area contributed by atoms with Gasteiger partial charge in [-0.15, -0.1) is 0 Å². The molecule has 0 amide bonds. The number of nitrogens with one attached hydrogen (secondary N) is 1. The zero-order valence-corrected chi connectivity index (χ0v) is 13.9. The molecule has 4 unspecified atom stereocenters. The van der Waals surface area contributed by atoms with Gasteiger partial charge < -0.3 is 5.32 Å². The van der Waals surface area contributed by atoms with Gasteiger partial charge in [-0.25, -0.2) is 0 Å². The van der Waals surface area contributed by atoms with E-state index in [0.29, 0.717) is 11.3 Å². The van der Waals surface area contributed by atoms with Gasteiger partial charge in [-0.05, 0) is 44.6 Å². The summed E-state index contributed by atoms with van der Waals surface area (Å²) in [5.41, 5.74) is 0. The second kappa shape index (κ2) is 9.93. The Morgan fingerprint density at radius 1 is 1.11 bits per heavy atom. The quantitative estimate of drug-likeness (QED) is 0.697. The topological polar surface area (TPSA) is 29.1 Å². The molecule has 1 aliphatic carbocycles. The maximum atomic E-state index is 12.6.